The van der Waals surface area contributed by atoms with E-state index in [1.807, 2.05) is 31.2 Å². The van der Waals surface area contributed by atoms with Crippen LogP contribution in [0.1, 0.15) is 12.5 Å². The second kappa shape index (κ2) is 9.35. The lowest BCUT2D eigenvalue weighted by molar-refractivity contribution is 0.296. The molecule has 0 spiro atoms. The molecule has 0 aromatic heterocycles. The highest BCUT2D eigenvalue weighted by atomic mass is 79.9. The van der Waals surface area contributed by atoms with Crippen LogP contribution < -0.4 is 14.9 Å². The summed E-state index contributed by atoms with van der Waals surface area (Å²) in [6.45, 7) is 6.54. The van der Waals surface area contributed by atoms with Gasteiger partial charge in [0.1, 0.15) is 6.61 Å². The van der Waals surface area contributed by atoms with Gasteiger partial charge in [-0.05, 0) is 59.3 Å². The lowest BCUT2D eigenvalue weighted by atomic mass is 10.2. The minimum Gasteiger partial charge on any atom is -0.490 e. The first-order chi connectivity index (χ1) is 11.6. The van der Waals surface area contributed by atoms with Crippen molar-refractivity contribution in [2.45, 2.75) is 6.92 Å². The van der Waals surface area contributed by atoms with Crippen molar-refractivity contribution >= 4 is 39.4 Å². The summed E-state index contributed by atoms with van der Waals surface area (Å²) in [5.74, 6) is 1.32. The standard InChI is InChI=1S/C18H18BrClN2O2/c1-3-9-24-18-11-16(19)13(10-17(18)23-4-2)12-21-22-15-7-5-14(20)6-8-15/h3,5-8,10-12,22H,1,4,9H2,2H3/b21-12-. The van der Waals surface area contributed by atoms with Crippen molar-refractivity contribution in [2.75, 3.05) is 18.6 Å². The van der Waals surface area contributed by atoms with E-state index in [0.29, 0.717) is 29.7 Å². The maximum absolute atomic E-state index is 5.86. The summed E-state index contributed by atoms with van der Waals surface area (Å²) in [5.41, 5.74) is 4.67. The minimum atomic E-state index is 0.415. The van der Waals surface area contributed by atoms with Gasteiger partial charge in [0.25, 0.3) is 0 Å². The Morgan fingerprint density at radius 2 is 1.92 bits per heavy atom. The third-order valence-electron chi connectivity index (χ3n) is 2.96. The fourth-order valence-electron chi connectivity index (χ4n) is 1.88. The van der Waals surface area contributed by atoms with Crippen LogP contribution in [-0.2, 0) is 0 Å². The van der Waals surface area contributed by atoms with Gasteiger partial charge in [0.15, 0.2) is 11.5 Å². The van der Waals surface area contributed by atoms with Crippen LogP contribution in [0.2, 0.25) is 5.02 Å². The Morgan fingerprint density at radius 1 is 1.21 bits per heavy atom. The molecule has 0 aliphatic heterocycles. The zero-order chi connectivity index (χ0) is 17.4. The molecular weight excluding hydrogens is 392 g/mol. The minimum absolute atomic E-state index is 0.415. The molecule has 0 aliphatic rings. The van der Waals surface area contributed by atoms with E-state index >= 15 is 0 Å². The quantitative estimate of drug-likeness (QED) is 0.355. The highest BCUT2D eigenvalue weighted by molar-refractivity contribution is 9.10. The Morgan fingerprint density at radius 3 is 2.58 bits per heavy atom. The van der Waals surface area contributed by atoms with Crippen LogP contribution in [0.15, 0.2) is 58.6 Å². The summed E-state index contributed by atoms with van der Waals surface area (Å²) < 4.78 is 12.1. The van der Waals surface area contributed by atoms with Crippen molar-refractivity contribution in [1.29, 1.82) is 0 Å². The third-order valence-corrected chi connectivity index (χ3v) is 3.90. The number of hydrogen-bond acceptors (Lipinski definition) is 4. The van der Waals surface area contributed by atoms with Gasteiger partial charge in [-0.1, -0.05) is 24.3 Å². The van der Waals surface area contributed by atoms with E-state index in [2.05, 4.69) is 33.0 Å². The zero-order valence-corrected chi connectivity index (χ0v) is 15.6. The van der Waals surface area contributed by atoms with E-state index in [0.717, 1.165) is 15.7 Å². The fourth-order valence-corrected chi connectivity index (χ4v) is 2.43. The van der Waals surface area contributed by atoms with Crippen molar-refractivity contribution in [3.8, 4) is 11.5 Å². The number of nitrogens with zero attached hydrogens (tertiary/aromatic N) is 1. The molecule has 0 atom stereocenters. The molecule has 126 valence electrons. The molecule has 0 aliphatic carbocycles. The Bertz CT molecular complexity index is 718. The number of halogens is 2. The monoisotopic (exact) mass is 408 g/mol. The van der Waals surface area contributed by atoms with Gasteiger partial charge in [0, 0.05) is 15.1 Å². The van der Waals surface area contributed by atoms with Gasteiger partial charge in [-0.2, -0.15) is 5.10 Å². The molecule has 2 aromatic carbocycles. The second-order valence-electron chi connectivity index (χ2n) is 4.73. The first-order valence-electron chi connectivity index (χ1n) is 7.38. The van der Waals surface area contributed by atoms with Crippen LogP contribution >= 0.6 is 27.5 Å². The van der Waals surface area contributed by atoms with Crippen molar-refractivity contribution in [1.82, 2.24) is 0 Å². The fraction of sp³-hybridized carbons (Fsp3) is 0.167. The molecule has 2 aromatic rings. The Hall–Kier alpha value is -1.98. The van der Waals surface area contributed by atoms with E-state index in [4.69, 9.17) is 21.1 Å². The van der Waals surface area contributed by atoms with Crippen LogP contribution in [0.3, 0.4) is 0 Å². The van der Waals surface area contributed by atoms with Crippen molar-refractivity contribution in [2.24, 2.45) is 5.10 Å². The number of nitrogens with one attached hydrogen (secondary N) is 1. The lowest BCUT2D eigenvalue weighted by Gasteiger charge is -2.12. The second-order valence-corrected chi connectivity index (χ2v) is 6.02. The molecular formula is C18H18BrClN2O2. The summed E-state index contributed by atoms with van der Waals surface area (Å²) in [4.78, 5) is 0. The summed E-state index contributed by atoms with van der Waals surface area (Å²) in [6, 6.07) is 11.0. The first-order valence-corrected chi connectivity index (χ1v) is 8.55. The lowest BCUT2D eigenvalue weighted by Crippen LogP contribution is -2.01. The van der Waals surface area contributed by atoms with E-state index in [1.165, 1.54) is 0 Å². The molecule has 0 bridgehead atoms. The average molecular weight is 410 g/mol. The molecule has 0 saturated heterocycles. The van der Waals surface area contributed by atoms with E-state index in [9.17, 15) is 0 Å². The number of anilines is 1. The molecule has 0 saturated carbocycles. The maximum atomic E-state index is 5.86. The summed E-state index contributed by atoms with van der Waals surface area (Å²) in [6.07, 6.45) is 3.40. The van der Waals surface area contributed by atoms with Crippen molar-refractivity contribution in [3.63, 3.8) is 0 Å². The molecule has 24 heavy (non-hydrogen) atoms. The molecule has 0 heterocycles. The van der Waals surface area contributed by atoms with Gasteiger partial charge in [0.2, 0.25) is 0 Å². The molecule has 4 nitrogen and oxygen atoms in total. The summed E-state index contributed by atoms with van der Waals surface area (Å²) in [5, 5.41) is 4.92. The van der Waals surface area contributed by atoms with Gasteiger partial charge in [-0.25, -0.2) is 0 Å². The van der Waals surface area contributed by atoms with Gasteiger partial charge in [0.05, 0.1) is 18.5 Å². The van der Waals surface area contributed by atoms with Gasteiger partial charge in [-0.15, -0.1) is 0 Å². The molecule has 0 unspecified atom stereocenters. The van der Waals surface area contributed by atoms with E-state index < -0.39 is 0 Å². The number of rotatable bonds is 8. The topological polar surface area (TPSA) is 42.8 Å². The molecule has 1 N–H and O–H groups in total. The number of benzene rings is 2. The molecule has 6 heteroatoms. The van der Waals surface area contributed by atoms with E-state index in [1.54, 1.807) is 24.4 Å². The molecule has 0 amide bonds. The smallest absolute Gasteiger partial charge is 0.162 e. The van der Waals surface area contributed by atoms with Crippen molar-refractivity contribution in [3.05, 3.63) is 64.1 Å². The number of hydrogen-bond donors (Lipinski definition) is 1. The maximum Gasteiger partial charge on any atom is 0.162 e. The Balaban J connectivity index is 2.16. The largest absolute Gasteiger partial charge is 0.490 e. The molecule has 2 rings (SSSR count). The van der Waals surface area contributed by atoms with Gasteiger partial charge in [-0.3, -0.25) is 5.43 Å². The van der Waals surface area contributed by atoms with Crippen LogP contribution in [0.25, 0.3) is 0 Å². The van der Waals surface area contributed by atoms with Gasteiger partial charge < -0.3 is 9.47 Å². The Labute approximate surface area is 155 Å². The molecule has 0 fully saturated rings. The highest BCUT2D eigenvalue weighted by Gasteiger charge is 2.09. The SMILES string of the molecule is C=CCOc1cc(Br)c(/C=N\Nc2ccc(Cl)cc2)cc1OCC. The number of ether oxygens (including phenoxy) is 2. The van der Waals surface area contributed by atoms with Crippen LogP contribution in [0, 0.1) is 0 Å². The first kappa shape index (κ1) is 18.4. The van der Waals surface area contributed by atoms with E-state index in [-0.39, 0.29) is 0 Å². The van der Waals surface area contributed by atoms with Crippen LogP contribution in [0.4, 0.5) is 5.69 Å². The molecule has 0 radical (unpaired) electrons. The zero-order valence-electron chi connectivity index (χ0n) is 13.3. The highest BCUT2D eigenvalue weighted by Crippen LogP contribution is 2.33. The third kappa shape index (κ3) is 5.28. The van der Waals surface area contributed by atoms with Gasteiger partial charge >= 0.3 is 0 Å². The normalized spacial score (nSPS) is 10.6. The predicted octanol–water partition coefficient (Wildman–Crippen LogP) is 5.51. The predicted molar refractivity (Wildman–Crippen MR) is 104 cm³/mol. The summed E-state index contributed by atoms with van der Waals surface area (Å²) >= 11 is 9.38. The van der Waals surface area contributed by atoms with Crippen LogP contribution in [0.5, 0.6) is 11.5 Å². The Kier molecular flexibility index (Phi) is 7.15. The number of hydrazone groups is 1. The van der Waals surface area contributed by atoms with Crippen LogP contribution in [-0.4, -0.2) is 19.4 Å². The average Bonchev–Trinajstić information content (AvgIpc) is 2.58. The van der Waals surface area contributed by atoms with Crippen molar-refractivity contribution < 1.29 is 9.47 Å². The summed E-state index contributed by atoms with van der Waals surface area (Å²) in [7, 11) is 0.